The lowest BCUT2D eigenvalue weighted by atomic mass is 9.84. The Kier molecular flexibility index (Phi) is 4.50. The molecule has 0 N–H and O–H groups in total. The quantitative estimate of drug-likeness (QED) is 0.488. The molecule has 0 spiro atoms. The molecule has 0 radical (unpaired) electrons. The van der Waals surface area contributed by atoms with Gasteiger partial charge in [-0.1, -0.05) is 32.9 Å². The first kappa shape index (κ1) is 17.3. The minimum atomic E-state index is -1.44. The highest BCUT2D eigenvalue weighted by Gasteiger charge is 2.20. The number of non-ortho nitro benzene ring substituents is 1. The zero-order chi connectivity index (χ0) is 18.1. The molecule has 0 heterocycles. The number of carboxylic acids is 1. The van der Waals surface area contributed by atoms with Crippen molar-refractivity contribution in [2.24, 2.45) is 0 Å². The lowest BCUT2D eigenvalue weighted by Crippen LogP contribution is -2.26. The third-order valence-electron chi connectivity index (χ3n) is 3.69. The number of aromatic carboxylic acids is 1. The third-order valence-corrected chi connectivity index (χ3v) is 3.69. The summed E-state index contributed by atoms with van der Waals surface area (Å²) in [5.41, 5.74) is 0.374. The van der Waals surface area contributed by atoms with E-state index in [1.807, 2.05) is 20.8 Å². The molecule has 6 nitrogen and oxygen atoms in total. The fraction of sp³-hybridized carbons (Fsp3) is 0.222. The van der Waals surface area contributed by atoms with Crippen LogP contribution < -0.4 is 5.11 Å². The average molecular weight is 326 g/mol. The Labute approximate surface area is 138 Å². The van der Waals surface area contributed by atoms with E-state index < -0.39 is 16.7 Å². The average Bonchev–Trinajstić information content (AvgIpc) is 2.52. The summed E-state index contributed by atoms with van der Waals surface area (Å²) in [4.78, 5) is 34.1. The van der Waals surface area contributed by atoms with E-state index in [4.69, 9.17) is 0 Å². The van der Waals surface area contributed by atoms with E-state index in [1.165, 1.54) is 36.4 Å². The molecular weight excluding hydrogens is 310 g/mol. The monoisotopic (exact) mass is 326 g/mol. The van der Waals surface area contributed by atoms with E-state index in [1.54, 1.807) is 6.07 Å². The first-order valence-corrected chi connectivity index (χ1v) is 7.26. The maximum absolute atomic E-state index is 12.7. The molecule has 0 aliphatic rings. The molecule has 2 rings (SSSR count). The molecule has 0 unspecified atom stereocenters. The lowest BCUT2D eigenvalue weighted by Gasteiger charge is -2.21. The molecule has 0 amide bonds. The van der Waals surface area contributed by atoms with Crippen LogP contribution in [0.4, 0.5) is 5.69 Å². The van der Waals surface area contributed by atoms with Crippen LogP contribution in [0.5, 0.6) is 0 Å². The maximum atomic E-state index is 12.7. The Bertz CT molecular complexity index is 816. The Morgan fingerprint density at radius 3 is 2.00 bits per heavy atom. The van der Waals surface area contributed by atoms with Gasteiger partial charge in [-0.2, -0.15) is 0 Å². The third kappa shape index (κ3) is 3.48. The molecule has 0 bridgehead atoms. The number of nitrogens with zero attached hydrogens (tertiary/aromatic N) is 1. The van der Waals surface area contributed by atoms with Gasteiger partial charge in [-0.15, -0.1) is 0 Å². The predicted molar refractivity (Wildman–Crippen MR) is 86.0 cm³/mol. The predicted octanol–water partition coefficient (Wildman–Crippen LogP) is 2.49. The number of carbonyl (C=O) groups is 2. The summed E-state index contributed by atoms with van der Waals surface area (Å²) in [5.74, 6) is -1.96. The van der Waals surface area contributed by atoms with Crippen LogP contribution in [0.3, 0.4) is 0 Å². The van der Waals surface area contributed by atoms with E-state index in [2.05, 4.69) is 0 Å². The van der Waals surface area contributed by atoms with E-state index in [-0.39, 0.29) is 27.8 Å². The number of carbonyl (C=O) groups excluding carboxylic acids is 2. The largest absolute Gasteiger partial charge is 0.545 e. The number of benzene rings is 2. The van der Waals surface area contributed by atoms with E-state index >= 15 is 0 Å². The van der Waals surface area contributed by atoms with Crippen molar-refractivity contribution < 1.29 is 19.6 Å². The summed E-state index contributed by atoms with van der Waals surface area (Å²) in [6, 6.07) is 9.58. The maximum Gasteiger partial charge on any atom is 0.269 e. The molecule has 0 aliphatic carbocycles. The standard InChI is InChI=1S/C18H17NO5/c1-18(2,3)12-6-9-14(17(21)22)15(10-12)16(20)11-4-7-13(8-5-11)19(23)24/h4-10H,1-3H3,(H,21,22)/p-1. The Balaban J connectivity index is 2.54. The van der Waals surface area contributed by atoms with Crippen molar-refractivity contribution in [2.75, 3.05) is 0 Å². The molecule has 124 valence electrons. The molecule has 0 fully saturated rings. The van der Waals surface area contributed by atoms with Crippen LogP contribution in [-0.2, 0) is 5.41 Å². The topological polar surface area (TPSA) is 100 Å². The van der Waals surface area contributed by atoms with E-state index in [9.17, 15) is 24.8 Å². The van der Waals surface area contributed by atoms with Crippen molar-refractivity contribution in [3.05, 3.63) is 74.8 Å². The van der Waals surface area contributed by atoms with Gasteiger partial charge in [0.1, 0.15) is 0 Å². The van der Waals surface area contributed by atoms with Crippen LogP contribution in [0.25, 0.3) is 0 Å². The van der Waals surface area contributed by atoms with Crippen LogP contribution in [0, 0.1) is 10.1 Å². The van der Waals surface area contributed by atoms with Crippen molar-refractivity contribution in [1.29, 1.82) is 0 Å². The smallest absolute Gasteiger partial charge is 0.269 e. The van der Waals surface area contributed by atoms with Crippen molar-refractivity contribution in [3.8, 4) is 0 Å². The van der Waals surface area contributed by atoms with Crippen LogP contribution >= 0.6 is 0 Å². The summed E-state index contributed by atoms with van der Waals surface area (Å²) in [5, 5.41) is 22.0. The molecule has 6 heteroatoms. The van der Waals surface area contributed by atoms with Crippen molar-refractivity contribution >= 4 is 17.4 Å². The minimum Gasteiger partial charge on any atom is -0.545 e. The van der Waals surface area contributed by atoms with Gasteiger partial charge < -0.3 is 9.90 Å². The lowest BCUT2D eigenvalue weighted by molar-refractivity contribution is -0.384. The Morgan fingerprint density at radius 2 is 1.54 bits per heavy atom. The number of rotatable bonds is 4. The van der Waals surface area contributed by atoms with Gasteiger partial charge in [0.15, 0.2) is 5.78 Å². The van der Waals surface area contributed by atoms with Gasteiger partial charge in [0.2, 0.25) is 0 Å². The second-order valence-electron chi connectivity index (χ2n) is 6.43. The molecule has 0 saturated carbocycles. The molecule has 0 aromatic heterocycles. The fourth-order valence-electron chi connectivity index (χ4n) is 2.27. The van der Waals surface area contributed by atoms with Gasteiger partial charge in [0.05, 0.1) is 10.9 Å². The van der Waals surface area contributed by atoms with Gasteiger partial charge in [-0.3, -0.25) is 14.9 Å². The Hall–Kier alpha value is -3.02. The van der Waals surface area contributed by atoms with Crippen LogP contribution in [0.15, 0.2) is 42.5 Å². The Morgan fingerprint density at radius 1 is 0.958 bits per heavy atom. The van der Waals surface area contributed by atoms with E-state index in [0.717, 1.165) is 5.56 Å². The second kappa shape index (κ2) is 6.23. The summed E-state index contributed by atoms with van der Waals surface area (Å²) < 4.78 is 0. The van der Waals surface area contributed by atoms with Crippen molar-refractivity contribution in [2.45, 2.75) is 26.2 Å². The number of nitro benzene ring substituents is 1. The van der Waals surface area contributed by atoms with Gasteiger partial charge in [-0.05, 0) is 29.2 Å². The first-order chi connectivity index (χ1) is 11.1. The number of hydrogen-bond acceptors (Lipinski definition) is 5. The van der Waals surface area contributed by atoms with Crippen LogP contribution in [0.1, 0.15) is 52.6 Å². The molecule has 24 heavy (non-hydrogen) atoms. The highest BCUT2D eigenvalue weighted by molar-refractivity contribution is 6.14. The van der Waals surface area contributed by atoms with Crippen molar-refractivity contribution in [1.82, 2.24) is 0 Å². The van der Waals surface area contributed by atoms with Gasteiger partial charge >= 0.3 is 0 Å². The van der Waals surface area contributed by atoms with Crippen LogP contribution in [-0.4, -0.2) is 16.7 Å². The van der Waals surface area contributed by atoms with Gasteiger partial charge in [0.25, 0.3) is 5.69 Å². The van der Waals surface area contributed by atoms with Gasteiger partial charge in [-0.25, -0.2) is 0 Å². The number of nitro groups is 1. The SMILES string of the molecule is CC(C)(C)c1ccc(C(=O)[O-])c(C(=O)c2ccc([N+](=O)[O-])cc2)c1. The summed E-state index contributed by atoms with van der Waals surface area (Å²) >= 11 is 0. The number of hydrogen-bond donors (Lipinski definition) is 0. The number of carboxylic acid groups (broad SMARTS) is 1. The fourth-order valence-corrected chi connectivity index (χ4v) is 2.27. The summed E-state index contributed by atoms with van der Waals surface area (Å²) in [6.45, 7) is 5.84. The molecule has 2 aromatic rings. The molecule has 0 saturated heterocycles. The van der Waals surface area contributed by atoms with E-state index in [0.29, 0.717) is 0 Å². The minimum absolute atomic E-state index is 0.0104. The zero-order valence-electron chi connectivity index (χ0n) is 13.5. The molecule has 0 atom stereocenters. The summed E-state index contributed by atoms with van der Waals surface area (Å²) in [7, 11) is 0. The van der Waals surface area contributed by atoms with Crippen molar-refractivity contribution in [3.63, 3.8) is 0 Å². The summed E-state index contributed by atoms with van der Waals surface area (Å²) in [6.07, 6.45) is 0. The molecule has 0 aliphatic heterocycles. The number of ketones is 1. The first-order valence-electron chi connectivity index (χ1n) is 7.26. The highest BCUT2D eigenvalue weighted by Crippen LogP contribution is 2.26. The zero-order valence-corrected chi connectivity index (χ0v) is 13.5. The van der Waals surface area contributed by atoms with Gasteiger partial charge in [0, 0.05) is 28.8 Å². The van der Waals surface area contributed by atoms with Crippen LogP contribution in [0.2, 0.25) is 0 Å². The second-order valence-corrected chi connectivity index (χ2v) is 6.43. The molecule has 2 aromatic carbocycles. The molecular formula is C18H16NO5-. The highest BCUT2D eigenvalue weighted by atomic mass is 16.6. The normalized spacial score (nSPS) is 11.1.